The summed E-state index contributed by atoms with van der Waals surface area (Å²) in [4.78, 5) is 14.9. The predicted molar refractivity (Wildman–Crippen MR) is 115 cm³/mol. The molecule has 0 spiro atoms. The number of aromatic nitrogens is 2. The molecule has 0 saturated carbocycles. The van der Waals surface area contributed by atoms with Crippen LogP contribution in [0.2, 0.25) is 0 Å². The Bertz CT molecular complexity index is 974. The first-order valence-electron chi connectivity index (χ1n) is 10.5. The molecule has 2 aromatic heterocycles. The molecule has 1 aromatic carbocycles. The van der Waals surface area contributed by atoms with Crippen LogP contribution < -0.4 is 4.74 Å². The van der Waals surface area contributed by atoms with Gasteiger partial charge in [-0.3, -0.25) is 4.90 Å². The minimum Gasteiger partial charge on any atom is -0.476 e. The summed E-state index contributed by atoms with van der Waals surface area (Å²) in [5, 5.41) is 1.18. The van der Waals surface area contributed by atoms with Crippen molar-refractivity contribution in [1.29, 1.82) is 0 Å². The Morgan fingerprint density at radius 1 is 1.00 bits per heavy atom. The van der Waals surface area contributed by atoms with Crippen LogP contribution in [-0.4, -0.2) is 41.1 Å². The van der Waals surface area contributed by atoms with Crippen molar-refractivity contribution >= 4 is 21.6 Å². The molecule has 146 valence electrons. The third-order valence-electron chi connectivity index (χ3n) is 5.94. The average Bonchev–Trinajstić information content (AvgIpc) is 3.35. The van der Waals surface area contributed by atoms with E-state index in [0.717, 1.165) is 35.1 Å². The lowest BCUT2D eigenvalue weighted by Gasteiger charge is -2.16. The molecule has 0 unspecified atom stereocenters. The summed E-state index contributed by atoms with van der Waals surface area (Å²) in [5.74, 6) is 1.57. The molecule has 2 aliphatic rings. The lowest BCUT2D eigenvalue weighted by Crippen LogP contribution is -2.25. The van der Waals surface area contributed by atoms with E-state index in [0.29, 0.717) is 6.61 Å². The number of thiophene rings is 1. The first-order valence-corrected chi connectivity index (χ1v) is 11.3. The zero-order valence-corrected chi connectivity index (χ0v) is 17.4. The second-order valence-electron chi connectivity index (χ2n) is 8.01. The van der Waals surface area contributed by atoms with Gasteiger partial charge in [-0.2, -0.15) is 4.98 Å². The molecule has 1 aliphatic heterocycles. The van der Waals surface area contributed by atoms with Crippen molar-refractivity contribution in [2.24, 2.45) is 0 Å². The summed E-state index contributed by atoms with van der Waals surface area (Å²) in [6.07, 6.45) is 7.46. The molecule has 1 saturated heterocycles. The molecule has 1 fully saturated rings. The Morgan fingerprint density at radius 3 is 2.61 bits per heavy atom. The highest BCUT2D eigenvalue weighted by Gasteiger charge is 2.22. The van der Waals surface area contributed by atoms with E-state index in [1.807, 2.05) is 11.3 Å². The smallest absolute Gasteiger partial charge is 0.226 e. The summed E-state index contributed by atoms with van der Waals surface area (Å²) in [6.45, 7) is 6.19. The molecule has 5 rings (SSSR count). The van der Waals surface area contributed by atoms with Crippen molar-refractivity contribution in [2.75, 3.05) is 26.2 Å². The van der Waals surface area contributed by atoms with Gasteiger partial charge in [0.2, 0.25) is 5.88 Å². The van der Waals surface area contributed by atoms with Crippen molar-refractivity contribution in [3.63, 3.8) is 0 Å². The Hall–Kier alpha value is -1.98. The van der Waals surface area contributed by atoms with Gasteiger partial charge in [-0.05, 0) is 64.1 Å². The second-order valence-corrected chi connectivity index (χ2v) is 9.09. The molecule has 0 radical (unpaired) electrons. The summed E-state index contributed by atoms with van der Waals surface area (Å²) < 4.78 is 6.31. The van der Waals surface area contributed by atoms with Gasteiger partial charge in [-0.25, -0.2) is 4.98 Å². The Labute approximate surface area is 170 Å². The van der Waals surface area contributed by atoms with Crippen LogP contribution in [0.25, 0.3) is 21.6 Å². The minimum absolute atomic E-state index is 0.698. The molecule has 0 bridgehead atoms. The van der Waals surface area contributed by atoms with Crippen LogP contribution in [0.4, 0.5) is 0 Å². The molecule has 0 atom stereocenters. The predicted octanol–water partition coefficient (Wildman–Crippen LogP) is 5.02. The zero-order chi connectivity index (χ0) is 18.9. The largest absolute Gasteiger partial charge is 0.476 e. The molecular formula is C23H27N3OS. The lowest BCUT2D eigenvalue weighted by atomic mass is 9.97. The van der Waals surface area contributed by atoms with E-state index in [1.165, 1.54) is 66.6 Å². The van der Waals surface area contributed by atoms with Gasteiger partial charge in [0, 0.05) is 17.0 Å². The lowest BCUT2D eigenvalue weighted by molar-refractivity contribution is 0.234. The van der Waals surface area contributed by atoms with E-state index in [1.54, 1.807) is 0 Å². The highest BCUT2D eigenvalue weighted by atomic mass is 32.1. The number of fused-ring (bicyclic) bond motifs is 3. The fraction of sp³-hybridized carbons (Fsp3) is 0.478. The van der Waals surface area contributed by atoms with E-state index in [9.17, 15) is 0 Å². The van der Waals surface area contributed by atoms with Crippen molar-refractivity contribution in [1.82, 2.24) is 14.9 Å². The van der Waals surface area contributed by atoms with Gasteiger partial charge in [-0.1, -0.05) is 29.8 Å². The number of nitrogens with zero attached hydrogens (tertiary/aromatic N) is 3. The van der Waals surface area contributed by atoms with Gasteiger partial charge in [0.25, 0.3) is 0 Å². The molecule has 3 heterocycles. The Balaban J connectivity index is 1.51. The molecule has 5 heteroatoms. The van der Waals surface area contributed by atoms with Gasteiger partial charge < -0.3 is 4.74 Å². The summed E-state index contributed by atoms with van der Waals surface area (Å²) in [6, 6.07) is 8.46. The van der Waals surface area contributed by atoms with Crippen molar-refractivity contribution < 1.29 is 4.74 Å². The highest BCUT2D eigenvalue weighted by Crippen LogP contribution is 2.40. The molecule has 3 aromatic rings. The second kappa shape index (κ2) is 7.80. The number of ether oxygens (including phenoxy) is 1. The SMILES string of the molecule is Cc1ccc(-c2nc(OCCN3CCCC3)c3c4c(sc3n2)CCCC4)cc1. The first-order chi connectivity index (χ1) is 13.8. The van der Waals surface area contributed by atoms with E-state index >= 15 is 0 Å². The van der Waals surface area contributed by atoms with Crippen LogP contribution in [0.1, 0.15) is 41.7 Å². The molecule has 0 N–H and O–H groups in total. The average molecular weight is 394 g/mol. The maximum Gasteiger partial charge on any atom is 0.226 e. The molecule has 28 heavy (non-hydrogen) atoms. The van der Waals surface area contributed by atoms with E-state index < -0.39 is 0 Å². The van der Waals surface area contributed by atoms with E-state index in [4.69, 9.17) is 14.7 Å². The van der Waals surface area contributed by atoms with Crippen LogP contribution in [0.3, 0.4) is 0 Å². The number of aryl methyl sites for hydroxylation is 3. The van der Waals surface area contributed by atoms with Crippen molar-refractivity contribution in [2.45, 2.75) is 45.4 Å². The van der Waals surface area contributed by atoms with Crippen molar-refractivity contribution in [3.8, 4) is 17.3 Å². The Morgan fingerprint density at radius 2 is 1.79 bits per heavy atom. The molecule has 0 amide bonds. The maximum atomic E-state index is 6.31. The van der Waals surface area contributed by atoms with Crippen LogP contribution in [0.5, 0.6) is 5.88 Å². The third kappa shape index (κ3) is 3.53. The third-order valence-corrected chi connectivity index (χ3v) is 7.12. The van der Waals surface area contributed by atoms with Gasteiger partial charge in [0.05, 0.1) is 5.39 Å². The van der Waals surface area contributed by atoms with Gasteiger partial charge in [-0.15, -0.1) is 11.3 Å². The van der Waals surface area contributed by atoms with Crippen LogP contribution in [-0.2, 0) is 12.8 Å². The van der Waals surface area contributed by atoms with Gasteiger partial charge in [0.1, 0.15) is 11.4 Å². The summed E-state index contributed by atoms with van der Waals surface area (Å²) in [7, 11) is 0. The number of likely N-dealkylation sites (tertiary alicyclic amines) is 1. The molecule has 4 nitrogen and oxygen atoms in total. The minimum atomic E-state index is 0.698. The van der Waals surface area contributed by atoms with E-state index in [-0.39, 0.29) is 0 Å². The van der Waals surface area contributed by atoms with Gasteiger partial charge in [0.15, 0.2) is 5.82 Å². The zero-order valence-electron chi connectivity index (χ0n) is 16.5. The van der Waals surface area contributed by atoms with Crippen LogP contribution >= 0.6 is 11.3 Å². The number of rotatable bonds is 5. The number of hydrogen-bond donors (Lipinski definition) is 0. The van der Waals surface area contributed by atoms with Crippen molar-refractivity contribution in [3.05, 3.63) is 40.3 Å². The molecular weight excluding hydrogens is 366 g/mol. The monoisotopic (exact) mass is 393 g/mol. The number of benzene rings is 1. The maximum absolute atomic E-state index is 6.31. The number of hydrogen-bond acceptors (Lipinski definition) is 5. The standard InChI is InChI=1S/C23H27N3OS/c1-16-8-10-17(11-9-16)21-24-22(27-15-14-26-12-4-5-13-26)20-18-6-2-3-7-19(18)28-23(20)25-21/h8-11H,2-7,12-15H2,1H3. The Kier molecular flexibility index (Phi) is 5.03. The van der Waals surface area contributed by atoms with Crippen LogP contribution in [0, 0.1) is 6.92 Å². The van der Waals surface area contributed by atoms with Gasteiger partial charge >= 0.3 is 0 Å². The fourth-order valence-corrected chi connectivity index (χ4v) is 5.59. The van der Waals surface area contributed by atoms with Crippen LogP contribution in [0.15, 0.2) is 24.3 Å². The molecule has 1 aliphatic carbocycles. The normalized spacial score (nSPS) is 17.2. The summed E-state index contributed by atoms with van der Waals surface area (Å²) >= 11 is 1.84. The quantitative estimate of drug-likeness (QED) is 0.610. The fourth-order valence-electron chi connectivity index (χ4n) is 4.34. The van der Waals surface area contributed by atoms with E-state index in [2.05, 4.69) is 36.1 Å². The topological polar surface area (TPSA) is 38.2 Å². The highest BCUT2D eigenvalue weighted by molar-refractivity contribution is 7.18. The summed E-state index contributed by atoms with van der Waals surface area (Å²) in [5.41, 5.74) is 3.75. The first kappa shape index (κ1) is 18.1.